The summed E-state index contributed by atoms with van der Waals surface area (Å²) in [5.74, 6) is 0. The van der Waals surface area contributed by atoms with E-state index in [-0.39, 0.29) is 0 Å². The minimum atomic E-state index is 0.594. The zero-order valence-electron chi connectivity index (χ0n) is 5.33. The number of fused-ring (bicyclic) bond motifs is 1. The van der Waals surface area contributed by atoms with Crippen molar-refractivity contribution in [1.82, 2.24) is 0 Å². The second-order valence-electron chi connectivity index (χ2n) is 2.02. The molecular formula is C8H6Se2. The number of benzene rings is 1. The van der Waals surface area contributed by atoms with Crippen LogP contribution in [0.15, 0.2) is 34.2 Å². The van der Waals surface area contributed by atoms with Crippen molar-refractivity contribution in [3.8, 4) is 0 Å². The van der Waals surface area contributed by atoms with Crippen LogP contribution in [0.5, 0.6) is 0 Å². The summed E-state index contributed by atoms with van der Waals surface area (Å²) in [6.45, 7) is 4.02. The van der Waals surface area contributed by atoms with Gasteiger partial charge >= 0.3 is 73.1 Å². The summed E-state index contributed by atoms with van der Waals surface area (Å²) in [5.41, 5.74) is 0. The van der Waals surface area contributed by atoms with E-state index in [0.29, 0.717) is 29.9 Å². The first-order chi connectivity index (χ1) is 4.86. The summed E-state index contributed by atoms with van der Waals surface area (Å²) in [7, 11) is 0. The summed E-state index contributed by atoms with van der Waals surface area (Å²) in [6.07, 6.45) is 0. The molecule has 0 aliphatic carbocycles. The van der Waals surface area contributed by atoms with Gasteiger partial charge in [-0.25, -0.2) is 0 Å². The van der Waals surface area contributed by atoms with Gasteiger partial charge in [0.15, 0.2) is 0 Å². The SMILES string of the molecule is C=C1[Se]c2ccccc2[Se]1. The van der Waals surface area contributed by atoms with Crippen LogP contribution < -0.4 is 8.92 Å². The second kappa shape index (κ2) is 2.56. The van der Waals surface area contributed by atoms with E-state index in [2.05, 4.69) is 30.8 Å². The van der Waals surface area contributed by atoms with Gasteiger partial charge in [0.2, 0.25) is 0 Å². The van der Waals surface area contributed by atoms with Gasteiger partial charge in [0.25, 0.3) is 0 Å². The van der Waals surface area contributed by atoms with Crippen LogP contribution in [-0.2, 0) is 0 Å². The molecule has 2 heteroatoms. The number of hydrogen-bond acceptors (Lipinski definition) is 0. The Hall–Kier alpha value is -0.00104. The van der Waals surface area contributed by atoms with Crippen LogP contribution in [0.25, 0.3) is 0 Å². The van der Waals surface area contributed by atoms with Gasteiger partial charge in [-0.1, -0.05) is 0 Å². The average molecular weight is 260 g/mol. The molecule has 0 N–H and O–H groups in total. The van der Waals surface area contributed by atoms with Gasteiger partial charge in [-0.2, -0.15) is 0 Å². The fourth-order valence-electron chi connectivity index (χ4n) is 0.885. The molecule has 0 aromatic heterocycles. The van der Waals surface area contributed by atoms with E-state index in [1.807, 2.05) is 0 Å². The maximum absolute atomic E-state index is 4.02. The topological polar surface area (TPSA) is 0 Å². The molecular weight excluding hydrogens is 254 g/mol. The van der Waals surface area contributed by atoms with Crippen molar-refractivity contribution in [2.24, 2.45) is 0 Å². The van der Waals surface area contributed by atoms with E-state index in [9.17, 15) is 0 Å². The van der Waals surface area contributed by atoms with Crippen molar-refractivity contribution >= 4 is 38.8 Å². The number of rotatable bonds is 0. The molecule has 0 unspecified atom stereocenters. The standard InChI is InChI=1S/C8H6Se2/c1-6-9-7-4-2-3-5-8(7)10-6/h2-5H,1H2. The predicted octanol–water partition coefficient (Wildman–Crippen LogP) is -0.170. The Morgan fingerprint density at radius 3 is 2.00 bits per heavy atom. The van der Waals surface area contributed by atoms with Crippen LogP contribution in [-0.4, -0.2) is 29.9 Å². The van der Waals surface area contributed by atoms with Crippen LogP contribution in [0.1, 0.15) is 0 Å². The third-order valence-corrected chi connectivity index (χ3v) is 7.14. The normalized spacial score (nSPS) is 15.4. The molecule has 1 aromatic carbocycles. The van der Waals surface area contributed by atoms with Gasteiger partial charge < -0.3 is 0 Å². The zero-order chi connectivity index (χ0) is 6.97. The molecule has 1 aliphatic heterocycles. The van der Waals surface area contributed by atoms with E-state index in [1.165, 1.54) is 3.37 Å². The van der Waals surface area contributed by atoms with Crippen molar-refractivity contribution in [2.75, 3.05) is 0 Å². The summed E-state index contributed by atoms with van der Waals surface area (Å²) in [5, 5.41) is 0. The monoisotopic (exact) mass is 262 g/mol. The van der Waals surface area contributed by atoms with E-state index in [0.717, 1.165) is 0 Å². The molecule has 0 radical (unpaired) electrons. The first-order valence-corrected chi connectivity index (χ1v) is 6.42. The molecule has 0 spiro atoms. The molecule has 0 fully saturated rings. The van der Waals surface area contributed by atoms with Crippen LogP contribution in [0.4, 0.5) is 0 Å². The second-order valence-corrected chi connectivity index (χ2v) is 8.10. The zero-order valence-corrected chi connectivity index (χ0v) is 8.76. The van der Waals surface area contributed by atoms with E-state index in [4.69, 9.17) is 0 Å². The molecule has 10 heavy (non-hydrogen) atoms. The van der Waals surface area contributed by atoms with Gasteiger partial charge in [0.05, 0.1) is 0 Å². The fourth-order valence-corrected chi connectivity index (χ4v) is 6.64. The first-order valence-electron chi connectivity index (χ1n) is 3.00. The van der Waals surface area contributed by atoms with Crippen LogP contribution in [0, 0.1) is 0 Å². The predicted molar refractivity (Wildman–Crippen MR) is 46.4 cm³/mol. The van der Waals surface area contributed by atoms with Crippen molar-refractivity contribution in [2.45, 2.75) is 0 Å². The van der Waals surface area contributed by atoms with Crippen LogP contribution in [0.3, 0.4) is 0 Å². The molecule has 1 aliphatic rings. The number of hydrogen-bond donors (Lipinski definition) is 0. The van der Waals surface area contributed by atoms with Gasteiger partial charge in [-0.05, 0) is 0 Å². The van der Waals surface area contributed by atoms with Gasteiger partial charge in [0.1, 0.15) is 0 Å². The molecule has 50 valence electrons. The van der Waals surface area contributed by atoms with Crippen molar-refractivity contribution in [1.29, 1.82) is 0 Å². The molecule has 0 amide bonds. The molecule has 0 atom stereocenters. The van der Waals surface area contributed by atoms with Crippen LogP contribution >= 0.6 is 0 Å². The quantitative estimate of drug-likeness (QED) is 0.568. The van der Waals surface area contributed by atoms with E-state index in [1.54, 1.807) is 8.92 Å². The summed E-state index contributed by atoms with van der Waals surface area (Å²) in [4.78, 5) is 0. The van der Waals surface area contributed by atoms with E-state index >= 15 is 0 Å². The third-order valence-electron chi connectivity index (χ3n) is 1.30. The van der Waals surface area contributed by atoms with Gasteiger partial charge in [0, 0.05) is 0 Å². The van der Waals surface area contributed by atoms with Crippen molar-refractivity contribution in [3.63, 3.8) is 0 Å². The molecule has 0 saturated carbocycles. The maximum atomic E-state index is 4.02. The Kier molecular flexibility index (Phi) is 1.71. The van der Waals surface area contributed by atoms with Gasteiger partial charge in [-0.3, -0.25) is 0 Å². The van der Waals surface area contributed by atoms with Crippen LogP contribution in [0.2, 0.25) is 0 Å². The third kappa shape index (κ3) is 1.09. The molecule has 2 rings (SSSR count). The Bertz CT molecular complexity index is 251. The minimum absolute atomic E-state index is 0.594. The summed E-state index contributed by atoms with van der Waals surface area (Å²) < 4.78 is 4.58. The molecule has 0 bridgehead atoms. The molecule has 1 heterocycles. The molecule has 0 saturated heterocycles. The first kappa shape index (κ1) is 6.69. The van der Waals surface area contributed by atoms with Gasteiger partial charge in [-0.15, -0.1) is 0 Å². The average Bonchev–Trinajstić information content (AvgIpc) is 2.27. The Morgan fingerprint density at radius 2 is 1.50 bits per heavy atom. The molecule has 0 nitrogen and oxygen atoms in total. The van der Waals surface area contributed by atoms with E-state index < -0.39 is 0 Å². The Labute approximate surface area is 73.0 Å². The molecule has 1 aromatic rings. The Balaban J connectivity index is 2.51. The van der Waals surface area contributed by atoms with Crippen molar-refractivity contribution in [3.05, 3.63) is 34.2 Å². The fraction of sp³-hybridized carbons (Fsp3) is 0. The summed E-state index contributed by atoms with van der Waals surface area (Å²) >= 11 is 1.19. The Morgan fingerprint density at radius 1 is 1.00 bits per heavy atom. The summed E-state index contributed by atoms with van der Waals surface area (Å²) in [6, 6.07) is 8.70. The van der Waals surface area contributed by atoms with Crippen molar-refractivity contribution < 1.29 is 0 Å².